The van der Waals surface area contributed by atoms with Crippen molar-refractivity contribution in [3.8, 4) is 11.5 Å². The minimum Gasteiger partial charge on any atom is -0.493 e. The first-order valence-corrected chi connectivity index (χ1v) is 7.23. The highest BCUT2D eigenvalue weighted by Crippen LogP contribution is 2.27. The van der Waals surface area contributed by atoms with E-state index in [-0.39, 0.29) is 0 Å². The summed E-state index contributed by atoms with van der Waals surface area (Å²) in [6.45, 7) is 3.14. The molecule has 21 heavy (non-hydrogen) atoms. The number of hydrogen-bond donors (Lipinski definition) is 0. The van der Waals surface area contributed by atoms with Gasteiger partial charge in [0.1, 0.15) is 18.1 Å². The van der Waals surface area contributed by atoms with E-state index in [1.54, 1.807) is 12.1 Å². The SMILES string of the molecule is CCCCOc1cccc(OCc2ccccc2)c1C=O. The molecule has 2 aromatic rings. The first kappa shape index (κ1) is 15.1. The second kappa shape index (κ2) is 8.10. The van der Waals surface area contributed by atoms with Crippen molar-refractivity contribution in [2.75, 3.05) is 6.61 Å². The van der Waals surface area contributed by atoms with Gasteiger partial charge in [0.15, 0.2) is 6.29 Å². The van der Waals surface area contributed by atoms with Crippen LogP contribution in [0.15, 0.2) is 48.5 Å². The number of ether oxygens (including phenoxy) is 2. The van der Waals surface area contributed by atoms with Gasteiger partial charge in [-0.05, 0) is 24.1 Å². The van der Waals surface area contributed by atoms with Crippen molar-refractivity contribution >= 4 is 6.29 Å². The predicted octanol–water partition coefficient (Wildman–Crippen LogP) is 4.26. The minimum absolute atomic E-state index is 0.431. The predicted molar refractivity (Wildman–Crippen MR) is 83.0 cm³/mol. The lowest BCUT2D eigenvalue weighted by Crippen LogP contribution is -2.03. The van der Waals surface area contributed by atoms with Crippen LogP contribution in [0.1, 0.15) is 35.7 Å². The average Bonchev–Trinajstić information content (AvgIpc) is 2.54. The van der Waals surface area contributed by atoms with E-state index in [0.29, 0.717) is 30.3 Å². The Kier molecular flexibility index (Phi) is 5.83. The van der Waals surface area contributed by atoms with Gasteiger partial charge in [-0.25, -0.2) is 0 Å². The molecule has 110 valence electrons. The van der Waals surface area contributed by atoms with Crippen molar-refractivity contribution in [3.05, 3.63) is 59.7 Å². The average molecular weight is 284 g/mol. The monoisotopic (exact) mass is 284 g/mol. The summed E-state index contributed by atoms with van der Waals surface area (Å²) in [5, 5.41) is 0. The van der Waals surface area contributed by atoms with Crippen LogP contribution in [0.5, 0.6) is 11.5 Å². The highest BCUT2D eigenvalue weighted by molar-refractivity contribution is 5.83. The molecule has 0 spiro atoms. The number of aldehydes is 1. The summed E-state index contributed by atoms with van der Waals surface area (Å²) >= 11 is 0. The Morgan fingerprint density at radius 2 is 1.67 bits per heavy atom. The van der Waals surface area contributed by atoms with Crippen LogP contribution in [0, 0.1) is 0 Å². The molecule has 0 saturated carbocycles. The molecule has 3 heteroatoms. The Labute approximate surface area is 125 Å². The molecule has 0 radical (unpaired) electrons. The smallest absolute Gasteiger partial charge is 0.157 e. The van der Waals surface area contributed by atoms with E-state index < -0.39 is 0 Å². The topological polar surface area (TPSA) is 35.5 Å². The lowest BCUT2D eigenvalue weighted by atomic mass is 10.2. The fourth-order valence-corrected chi connectivity index (χ4v) is 1.95. The lowest BCUT2D eigenvalue weighted by Gasteiger charge is -2.13. The number of rotatable bonds is 8. The number of carbonyl (C=O) groups is 1. The standard InChI is InChI=1S/C18H20O3/c1-2-3-12-20-17-10-7-11-18(16(17)13-19)21-14-15-8-5-4-6-9-15/h4-11,13H,2-3,12,14H2,1H3. The van der Waals surface area contributed by atoms with Crippen molar-refractivity contribution in [1.82, 2.24) is 0 Å². The summed E-state index contributed by atoms with van der Waals surface area (Å²) in [4.78, 5) is 11.3. The summed E-state index contributed by atoms with van der Waals surface area (Å²) in [7, 11) is 0. The number of hydrogen-bond acceptors (Lipinski definition) is 3. The quantitative estimate of drug-likeness (QED) is 0.537. The Morgan fingerprint density at radius 1 is 0.952 bits per heavy atom. The van der Waals surface area contributed by atoms with E-state index in [4.69, 9.17) is 9.47 Å². The van der Waals surface area contributed by atoms with Crippen LogP contribution in [0.25, 0.3) is 0 Å². The van der Waals surface area contributed by atoms with E-state index in [1.807, 2.05) is 36.4 Å². The van der Waals surface area contributed by atoms with Crippen LogP contribution in [0.4, 0.5) is 0 Å². The maximum absolute atomic E-state index is 11.3. The van der Waals surface area contributed by atoms with Crippen LogP contribution >= 0.6 is 0 Å². The van der Waals surface area contributed by atoms with Crippen molar-refractivity contribution in [2.45, 2.75) is 26.4 Å². The highest BCUT2D eigenvalue weighted by atomic mass is 16.5. The van der Waals surface area contributed by atoms with E-state index in [1.165, 1.54) is 0 Å². The van der Waals surface area contributed by atoms with Gasteiger partial charge in [-0.2, -0.15) is 0 Å². The summed E-state index contributed by atoms with van der Waals surface area (Å²) in [5.74, 6) is 1.15. The maximum Gasteiger partial charge on any atom is 0.157 e. The van der Waals surface area contributed by atoms with Gasteiger partial charge in [0.05, 0.1) is 12.2 Å². The Bertz CT molecular complexity index is 564. The fraction of sp³-hybridized carbons (Fsp3) is 0.278. The van der Waals surface area contributed by atoms with Gasteiger partial charge in [0.2, 0.25) is 0 Å². The summed E-state index contributed by atoms with van der Waals surface area (Å²) in [6.07, 6.45) is 2.82. The van der Waals surface area contributed by atoms with Gasteiger partial charge in [-0.15, -0.1) is 0 Å². The summed E-state index contributed by atoms with van der Waals surface area (Å²) < 4.78 is 11.4. The van der Waals surface area contributed by atoms with Gasteiger partial charge in [0.25, 0.3) is 0 Å². The second-order valence-electron chi connectivity index (χ2n) is 4.76. The van der Waals surface area contributed by atoms with Gasteiger partial charge < -0.3 is 9.47 Å². The Balaban J connectivity index is 2.08. The van der Waals surface area contributed by atoms with E-state index >= 15 is 0 Å². The van der Waals surface area contributed by atoms with Crippen LogP contribution < -0.4 is 9.47 Å². The van der Waals surface area contributed by atoms with Gasteiger partial charge in [-0.3, -0.25) is 4.79 Å². The molecule has 0 amide bonds. The molecule has 3 nitrogen and oxygen atoms in total. The molecule has 0 fully saturated rings. The molecule has 2 aromatic carbocycles. The van der Waals surface area contributed by atoms with Crippen LogP contribution in [0.2, 0.25) is 0 Å². The maximum atomic E-state index is 11.3. The highest BCUT2D eigenvalue weighted by Gasteiger charge is 2.10. The second-order valence-corrected chi connectivity index (χ2v) is 4.76. The minimum atomic E-state index is 0.431. The largest absolute Gasteiger partial charge is 0.493 e. The van der Waals surface area contributed by atoms with Crippen molar-refractivity contribution in [2.24, 2.45) is 0 Å². The lowest BCUT2D eigenvalue weighted by molar-refractivity contribution is 0.111. The molecule has 0 bridgehead atoms. The van der Waals surface area contributed by atoms with E-state index in [0.717, 1.165) is 24.7 Å². The Hall–Kier alpha value is -2.29. The van der Waals surface area contributed by atoms with E-state index in [9.17, 15) is 4.79 Å². The van der Waals surface area contributed by atoms with Gasteiger partial charge >= 0.3 is 0 Å². The molecule has 0 aliphatic heterocycles. The molecule has 0 aromatic heterocycles. The Morgan fingerprint density at radius 3 is 2.33 bits per heavy atom. The summed E-state index contributed by atoms with van der Waals surface area (Å²) in [6, 6.07) is 15.3. The van der Waals surface area contributed by atoms with Crippen molar-refractivity contribution in [1.29, 1.82) is 0 Å². The normalized spacial score (nSPS) is 10.1. The van der Waals surface area contributed by atoms with Gasteiger partial charge in [-0.1, -0.05) is 49.7 Å². The van der Waals surface area contributed by atoms with Crippen molar-refractivity contribution < 1.29 is 14.3 Å². The third kappa shape index (κ3) is 4.35. The van der Waals surface area contributed by atoms with Gasteiger partial charge in [0, 0.05) is 0 Å². The molecule has 0 N–H and O–H groups in total. The summed E-state index contributed by atoms with van der Waals surface area (Å²) in [5.41, 5.74) is 1.54. The molecule has 0 heterocycles. The molecule has 0 atom stereocenters. The van der Waals surface area contributed by atoms with Crippen LogP contribution in [-0.2, 0) is 6.61 Å². The zero-order chi connectivity index (χ0) is 14.9. The molecule has 0 aliphatic rings. The molecule has 0 aliphatic carbocycles. The number of unbranched alkanes of at least 4 members (excludes halogenated alkanes) is 1. The van der Waals surface area contributed by atoms with Crippen molar-refractivity contribution in [3.63, 3.8) is 0 Å². The third-order valence-electron chi connectivity index (χ3n) is 3.14. The first-order valence-electron chi connectivity index (χ1n) is 7.23. The van der Waals surface area contributed by atoms with Crippen LogP contribution in [-0.4, -0.2) is 12.9 Å². The number of carbonyl (C=O) groups excluding carboxylic acids is 1. The molecule has 0 unspecified atom stereocenters. The zero-order valence-electron chi connectivity index (χ0n) is 12.2. The molecule has 0 saturated heterocycles. The van der Waals surface area contributed by atoms with Crippen LogP contribution in [0.3, 0.4) is 0 Å². The third-order valence-corrected chi connectivity index (χ3v) is 3.14. The first-order chi connectivity index (χ1) is 10.3. The van der Waals surface area contributed by atoms with E-state index in [2.05, 4.69) is 6.92 Å². The zero-order valence-corrected chi connectivity index (χ0v) is 12.2. The molecular formula is C18H20O3. The fourth-order valence-electron chi connectivity index (χ4n) is 1.95. The molecule has 2 rings (SSSR count). The number of benzene rings is 2. The molecular weight excluding hydrogens is 264 g/mol.